The lowest BCUT2D eigenvalue weighted by molar-refractivity contribution is -0.120. The van der Waals surface area contributed by atoms with Gasteiger partial charge >= 0.3 is 0 Å². The molecule has 0 aromatic carbocycles. The number of thioether (sulfide) groups is 1. The van der Waals surface area contributed by atoms with Crippen LogP contribution in [0.1, 0.15) is 26.7 Å². The van der Waals surface area contributed by atoms with Crippen molar-refractivity contribution in [2.75, 3.05) is 18.1 Å². The van der Waals surface area contributed by atoms with Crippen molar-refractivity contribution in [2.45, 2.75) is 32.2 Å². The standard InChI is InChI=1S/C10H21N3O2S.ClH/c1-3-10(4-2,7-11)13-9(15)6-16-5-8(12)14;/h3-7,11H2,1-2H3,(H2,12,14)(H,13,15);1H. The molecule has 0 aromatic rings. The van der Waals surface area contributed by atoms with Crippen LogP contribution in [0.5, 0.6) is 0 Å². The van der Waals surface area contributed by atoms with E-state index in [4.69, 9.17) is 11.5 Å². The second-order valence-corrected chi connectivity index (χ2v) is 4.68. The minimum atomic E-state index is -0.408. The van der Waals surface area contributed by atoms with E-state index in [1.54, 1.807) is 0 Å². The third kappa shape index (κ3) is 7.46. The van der Waals surface area contributed by atoms with Gasteiger partial charge in [0.05, 0.1) is 17.0 Å². The highest BCUT2D eigenvalue weighted by Gasteiger charge is 2.25. The van der Waals surface area contributed by atoms with E-state index in [0.29, 0.717) is 6.54 Å². The molecule has 102 valence electrons. The van der Waals surface area contributed by atoms with Crippen molar-refractivity contribution < 1.29 is 9.59 Å². The van der Waals surface area contributed by atoms with Gasteiger partial charge in [0.2, 0.25) is 11.8 Å². The molecule has 0 aromatic heterocycles. The minimum absolute atomic E-state index is 0. The summed E-state index contributed by atoms with van der Waals surface area (Å²) in [5.74, 6) is -0.0966. The monoisotopic (exact) mass is 283 g/mol. The first-order chi connectivity index (χ1) is 7.49. The summed E-state index contributed by atoms with van der Waals surface area (Å²) in [6.07, 6.45) is 1.60. The SMILES string of the molecule is CCC(CC)(CN)NC(=O)CSCC(N)=O.Cl. The Labute approximate surface area is 113 Å². The Balaban J connectivity index is 0. The Hall–Kier alpha value is -0.460. The van der Waals surface area contributed by atoms with Crippen LogP contribution in [0.3, 0.4) is 0 Å². The van der Waals surface area contributed by atoms with E-state index >= 15 is 0 Å². The van der Waals surface area contributed by atoms with Gasteiger partial charge < -0.3 is 16.8 Å². The van der Waals surface area contributed by atoms with Gasteiger partial charge in [-0.25, -0.2) is 0 Å². The fourth-order valence-electron chi connectivity index (χ4n) is 1.34. The summed E-state index contributed by atoms with van der Waals surface area (Å²) in [6, 6.07) is 0. The molecule has 0 unspecified atom stereocenters. The highest BCUT2D eigenvalue weighted by atomic mass is 35.5. The lowest BCUT2D eigenvalue weighted by Gasteiger charge is -2.31. The summed E-state index contributed by atoms with van der Waals surface area (Å²) in [4.78, 5) is 22.1. The van der Waals surface area contributed by atoms with Gasteiger partial charge in [-0.15, -0.1) is 24.2 Å². The molecule has 0 bridgehead atoms. The van der Waals surface area contributed by atoms with E-state index in [2.05, 4.69) is 5.32 Å². The molecule has 2 amide bonds. The summed E-state index contributed by atoms with van der Waals surface area (Å²) >= 11 is 1.21. The molecular weight excluding hydrogens is 262 g/mol. The molecule has 0 rings (SSSR count). The van der Waals surface area contributed by atoms with Gasteiger partial charge in [-0.1, -0.05) is 13.8 Å². The highest BCUT2D eigenvalue weighted by molar-refractivity contribution is 8.00. The van der Waals surface area contributed by atoms with Gasteiger partial charge in [0, 0.05) is 6.54 Å². The number of hydrogen-bond acceptors (Lipinski definition) is 4. The van der Waals surface area contributed by atoms with Crippen molar-refractivity contribution >= 4 is 36.0 Å². The Morgan fingerprint density at radius 3 is 2.12 bits per heavy atom. The average Bonchev–Trinajstić information content (AvgIpc) is 2.25. The first kappa shape index (κ1) is 18.9. The molecule has 0 radical (unpaired) electrons. The van der Waals surface area contributed by atoms with Gasteiger partial charge in [0.15, 0.2) is 0 Å². The van der Waals surface area contributed by atoms with Crippen LogP contribution >= 0.6 is 24.2 Å². The third-order valence-corrected chi connectivity index (χ3v) is 3.58. The predicted octanol–water partition coefficient (Wildman–Crippen LogP) is 0.260. The number of primary amides is 1. The summed E-state index contributed by atoms with van der Waals surface area (Å²) in [5.41, 5.74) is 10.3. The maximum Gasteiger partial charge on any atom is 0.230 e. The number of carbonyl (C=O) groups excluding carboxylic acids is 2. The summed E-state index contributed by atoms with van der Waals surface area (Å²) in [7, 11) is 0. The molecule has 0 atom stereocenters. The van der Waals surface area contributed by atoms with Crippen molar-refractivity contribution in [3.05, 3.63) is 0 Å². The number of nitrogens with one attached hydrogen (secondary N) is 1. The molecule has 7 heteroatoms. The number of hydrogen-bond donors (Lipinski definition) is 3. The Kier molecular flexibility index (Phi) is 10.6. The summed E-state index contributed by atoms with van der Waals surface area (Å²) in [6.45, 7) is 4.41. The van der Waals surface area contributed by atoms with Crippen molar-refractivity contribution in [1.29, 1.82) is 0 Å². The molecule has 0 saturated heterocycles. The third-order valence-electron chi connectivity index (χ3n) is 2.63. The van der Waals surface area contributed by atoms with Gasteiger partial charge in [0.1, 0.15) is 0 Å². The normalized spacial score (nSPS) is 10.5. The van der Waals surface area contributed by atoms with Crippen molar-refractivity contribution in [2.24, 2.45) is 11.5 Å². The van der Waals surface area contributed by atoms with Crippen LogP contribution in [0.15, 0.2) is 0 Å². The van der Waals surface area contributed by atoms with E-state index in [1.165, 1.54) is 11.8 Å². The van der Waals surface area contributed by atoms with Gasteiger partial charge in [-0.2, -0.15) is 0 Å². The first-order valence-electron chi connectivity index (χ1n) is 5.36. The number of amides is 2. The number of carbonyl (C=O) groups is 2. The molecule has 0 saturated carbocycles. The Morgan fingerprint density at radius 1 is 1.24 bits per heavy atom. The van der Waals surface area contributed by atoms with E-state index in [0.717, 1.165) is 12.8 Å². The van der Waals surface area contributed by atoms with E-state index in [9.17, 15) is 9.59 Å². The lowest BCUT2D eigenvalue weighted by atomic mass is 9.93. The number of nitrogens with two attached hydrogens (primary N) is 2. The van der Waals surface area contributed by atoms with E-state index < -0.39 is 5.91 Å². The molecule has 0 fully saturated rings. The first-order valence-corrected chi connectivity index (χ1v) is 6.52. The van der Waals surface area contributed by atoms with Crippen LogP contribution in [0.2, 0.25) is 0 Å². The highest BCUT2D eigenvalue weighted by Crippen LogP contribution is 2.13. The quantitative estimate of drug-likeness (QED) is 0.595. The topological polar surface area (TPSA) is 98.2 Å². The second-order valence-electron chi connectivity index (χ2n) is 3.70. The zero-order valence-electron chi connectivity index (χ0n) is 10.3. The van der Waals surface area contributed by atoms with Crippen LogP contribution in [0, 0.1) is 0 Å². The van der Waals surface area contributed by atoms with E-state index in [1.807, 2.05) is 13.8 Å². The predicted molar refractivity (Wildman–Crippen MR) is 74.3 cm³/mol. The Morgan fingerprint density at radius 2 is 1.76 bits per heavy atom. The lowest BCUT2D eigenvalue weighted by Crippen LogP contribution is -2.53. The van der Waals surface area contributed by atoms with Crippen molar-refractivity contribution in [3.63, 3.8) is 0 Å². The zero-order chi connectivity index (χ0) is 12.6. The van der Waals surface area contributed by atoms with Gasteiger partial charge in [0.25, 0.3) is 0 Å². The smallest absolute Gasteiger partial charge is 0.230 e. The Bertz CT molecular complexity index is 239. The van der Waals surface area contributed by atoms with Gasteiger partial charge in [-0.05, 0) is 12.8 Å². The average molecular weight is 284 g/mol. The van der Waals surface area contributed by atoms with Crippen LogP contribution in [0.25, 0.3) is 0 Å². The molecule has 0 aliphatic rings. The van der Waals surface area contributed by atoms with E-state index in [-0.39, 0.29) is 35.4 Å². The molecule has 5 nitrogen and oxygen atoms in total. The largest absolute Gasteiger partial charge is 0.369 e. The molecule has 0 aliphatic carbocycles. The molecular formula is C10H22ClN3O2S. The molecule has 0 spiro atoms. The molecule has 0 aliphatic heterocycles. The molecule has 0 heterocycles. The summed E-state index contributed by atoms with van der Waals surface area (Å²) in [5, 5.41) is 2.92. The van der Waals surface area contributed by atoms with Crippen molar-refractivity contribution in [1.82, 2.24) is 5.32 Å². The number of halogens is 1. The minimum Gasteiger partial charge on any atom is -0.369 e. The second kappa shape index (κ2) is 9.56. The molecule has 17 heavy (non-hydrogen) atoms. The van der Waals surface area contributed by atoms with Crippen LogP contribution in [-0.4, -0.2) is 35.4 Å². The molecule has 5 N–H and O–H groups in total. The van der Waals surface area contributed by atoms with Gasteiger partial charge in [-0.3, -0.25) is 9.59 Å². The van der Waals surface area contributed by atoms with Crippen LogP contribution in [0.4, 0.5) is 0 Å². The maximum atomic E-state index is 11.6. The fourth-order valence-corrected chi connectivity index (χ4v) is 1.90. The van der Waals surface area contributed by atoms with Crippen LogP contribution in [-0.2, 0) is 9.59 Å². The van der Waals surface area contributed by atoms with Crippen LogP contribution < -0.4 is 16.8 Å². The number of rotatable bonds is 8. The van der Waals surface area contributed by atoms with Crippen molar-refractivity contribution in [3.8, 4) is 0 Å². The zero-order valence-corrected chi connectivity index (χ0v) is 12.0. The fraction of sp³-hybridized carbons (Fsp3) is 0.800. The summed E-state index contributed by atoms with van der Waals surface area (Å²) < 4.78 is 0. The maximum absolute atomic E-state index is 11.6.